The monoisotopic (exact) mass is 117 g/mol. The molecule has 3 heteroatoms. The van der Waals surface area contributed by atoms with E-state index in [1.165, 1.54) is 17.6 Å². The van der Waals surface area contributed by atoms with Crippen LogP contribution in [0, 0.1) is 12.9 Å². The Bertz CT molecular complexity index is 144. The first-order valence-electron chi connectivity index (χ1n) is 1.88. The van der Waals surface area contributed by atoms with Gasteiger partial charge in [0.2, 0.25) is 5.95 Å². The van der Waals surface area contributed by atoms with Gasteiger partial charge in [-0.05, 0) is 18.5 Å². The quantitative estimate of drug-likeness (QED) is 0.503. The fraction of sp³-hybridized carbons (Fsp3) is 0.250. The molecular weight excluding hydrogens is 113 g/mol. The van der Waals surface area contributed by atoms with Crippen LogP contribution in [-0.2, 0) is 0 Å². The van der Waals surface area contributed by atoms with Crippen LogP contribution in [0.2, 0.25) is 0 Å². The molecule has 7 heavy (non-hydrogen) atoms. The number of aryl methyl sites for hydroxylation is 1. The Hall–Kier alpha value is -0.440. The summed E-state index contributed by atoms with van der Waals surface area (Å²) in [7, 11) is 0. The summed E-state index contributed by atoms with van der Waals surface area (Å²) < 4.78 is 15.2. The van der Waals surface area contributed by atoms with Crippen molar-refractivity contribution in [2.24, 2.45) is 0 Å². The highest BCUT2D eigenvalue weighted by Crippen LogP contribution is 2.04. The van der Waals surface area contributed by atoms with Crippen LogP contribution in [0.3, 0.4) is 0 Å². The van der Waals surface area contributed by atoms with Crippen LogP contribution in [0.1, 0.15) is 4.88 Å². The molecule has 0 saturated carbocycles. The van der Waals surface area contributed by atoms with Crippen molar-refractivity contribution in [3.8, 4) is 0 Å². The van der Waals surface area contributed by atoms with Gasteiger partial charge in [-0.25, -0.2) is 0 Å². The predicted octanol–water partition coefficient (Wildman–Crippen LogP) is 1.59. The maximum atomic E-state index is 11.8. The van der Waals surface area contributed by atoms with Crippen LogP contribution >= 0.6 is 11.5 Å². The molecule has 0 aliphatic rings. The normalized spacial score (nSPS) is 9.43. The number of hydrogen-bond acceptors (Lipinski definition) is 2. The Kier molecular flexibility index (Phi) is 1.06. The summed E-state index contributed by atoms with van der Waals surface area (Å²) in [5.41, 5.74) is 0. The van der Waals surface area contributed by atoms with E-state index in [4.69, 9.17) is 0 Å². The minimum atomic E-state index is -0.373. The third kappa shape index (κ3) is 0.962. The standard InChI is InChI=1S/C4H4FNS/c1-3-2-4(5)6-7-3/h2H,1H3. The number of halogens is 1. The summed E-state index contributed by atoms with van der Waals surface area (Å²) in [6.07, 6.45) is 0. The van der Waals surface area contributed by atoms with E-state index in [1.54, 1.807) is 0 Å². The van der Waals surface area contributed by atoms with Gasteiger partial charge in [0.05, 0.1) is 0 Å². The molecule has 0 unspecified atom stereocenters. The van der Waals surface area contributed by atoms with E-state index in [-0.39, 0.29) is 5.95 Å². The molecule has 0 bridgehead atoms. The van der Waals surface area contributed by atoms with Gasteiger partial charge in [-0.15, -0.1) is 0 Å². The first-order valence-corrected chi connectivity index (χ1v) is 2.65. The predicted molar refractivity (Wildman–Crippen MR) is 26.8 cm³/mol. The van der Waals surface area contributed by atoms with Gasteiger partial charge < -0.3 is 0 Å². The highest BCUT2D eigenvalue weighted by atomic mass is 32.1. The molecule has 1 heterocycles. The van der Waals surface area contributed by atoms with Crippen LogP contribution in [-0.4, -0.2) is 4.37 Å². The Morgan fingerprint density at radius 2 is 2.57 bits per heavy atom. The topological polar surface area (TPSA) is 12.9 Å². The van der Waals surface area contributed by atoms with E-state index in [0.29, 0.717) is 0 Å². The van der Waals surface area contributed by atoms with E-state index < -0.39 is 0 Å². The highest BCUT2D eigenvalue weighted by Gasteiger charge is 1.90. The molecule has 0 fully saturated rings. The largest absolute Gasteiger partial charge is 0.224 e. The SMILES string of the molecule is Cc1cc(F)ns1. The zero-order chi connectivity index (χ0) is 5.28. The molecule has 0 aromatic carbocycles. The van der Waals surface area contributed by atoms with Gasteiger partial charge in [0.15, 0.2) is 0 Å². The molecule has 0 spiro atoms. The molecule has 1 nitrogen and oxygen atoms in total. The summed E-state index contributed by atoms with van der Waals surface area (Å²) in [5.74, 6) is -0.373. The zero-order valence-electron chi connectivity index (χ0n) is 3.81. The van der Waals surface area contributed by atoms with E-state index in [2.05, 4.69) is 4.37 Å². The molecule has 1 aromatic rings. The lowest BCUT2D eigenvalue weighted by molar-refractivity contribution is 0.597. The lowest BCUT2D eigenvalue weighted by atomic mass is 10.5. The summed E-state index contributed by atoms with van der Waals surface area (Å²) in [6, 6.07) is 1.41. The smallest absolute Gasteiger partial charge is 0.184 e. The van der Waals surface area contributed by atoms with Gasteiger partial charge in [0.1, 0.15) is 0 Å². The lowest BCUT2D eigenvalue weighted by Crippen LogP contribution is -1.60. The van der Waals surface area contributed by atoms with Crippen molar-refractivity contribution >= 4 is 11.5 Å². The van der Waals surface area contributed by atoms with Gasteiger partial charge in [-0.1, -0.05) is 0 Å². The first kappa shape index (κ1) is 4.71. The fourth-order valence-corrected chi connectivity index (χ4v) is 0.770. The molecule has 38 valence electrons. The average molecular weight is 117 g/mol. The molecule has 0 saturated heterocycles. The van der Waals surface area contributed by atoms with E-state index in [1.807, 2.05) is 6.92 Å². The second kappa shape index (κ2) is 1.58. The summed E-state index contributed by atoms with van der Waals surface area (Å²) in [6.45, 7) is 1.82. The maximum absolute atomic E-state index is 11.8. The fourth-order valence-electron chi connectivity index (χ4n) is 0.336. The van der Waals surface area contributed by atoms with Gasteiger partial charge in [0, 0.05) is 10.9 Å². The molecule has 0 amide bonds. The Morgan fingerprint density at radius 1 is 1.86 bits per heavy atom. The number of hydrogen-bond donors (Lipinski definition) is 0. The second-order valence-electron chi connectivity index (χ2n) is 1.26. The molecule has 1 rings (SSSR count). The number of rotatable bonds is 0. The van der Waals surface area contributed by atoms with Gasteiger partial charge in [-0.2, -0.15) is 8.76 Å². The molecule has 0 N–H and O–H groups in total. The van der Waals surface area contributed by atoms with E-state index in [9.17, 15) is 4.39 Å². The number of aromatic nitrogens is 1. The van der Waals surface area contributed by atoms with Gasteiger partial charge in [-0.3, -0.25) is 0 Å². The highest BCUT2D eigenvalue weighted by molar-refractivity contribution is 7.05. The second-order valence-corrected chi connectivity index (χ2v) is 2.27. The van der Waals surface area contributed by atoms with Gasteiger partial charge >= 0.3 is 0 Å². The number of nitrogens with zero attached hydrogens (tertiary/aromatic N) is 1. The van der Waals surface area contributed by atoms with Crippen LogP contribution in [0.5, 0.6) is 0 Å². The molecule has 0 aliphatic heterocycles. The maximum Gasteiger partial charge on any atom is 0.224 e. The van der Waals surface area contributed by atoms with Gasteiger partial charge in [0.25, 0.3) is 0 Å². The molecule has 0 radical (unpaired) electrons. The Labute approximate surface area is 45.0 Å². The summed E-state index contributed by atoms with van der Waals surface area (Å²) >= 11 is 1.18. The minimum absolute atomic E-state index is 0.373. The third-order valence-corrected chi connectivity index (χ3v) is 1.27. The van der Waals surface area contributed by atoms with Crippen LogP contribution in [0.25, 0.3) is 0 Å². The van der Waals surface area contributed by atoms with Crippen molar-refractivity contribution in [1.82, 2.24) is 4.37 Å². The molecule has 1 aromatic heterocycles. The Balaban J connectivity index is 3.04. The van der Waals surface area contributed by atoms with Crippen LogP contribution < -0.4 is 0 Å². The molecule has 0 aliphatic carbocycles. The van der Waals surface area contributed by atoms with Crippen molar-refractivity contribution in [2.45, 2.75) is 6.92 Å². The van der Waals surface area contributed by atoms with Crippen molar-refractivity contribution in [1.29, 1.82) is 0 Å². The summed E-state index contributed by atoms with van der Waals surface area (Å²) in [5, 5.41) is 0. The summed E-state index contributed by atoms with van der Waals surface area (Å²) in [4.78, 5) is 0.914. The molecular formula is C4H4FNS. The van der Waals surface area contributed by atoms with Crippen molar-refractivity contribution in [3.05, 3.63) is 16.9 Å². The van der Waals surface area contributed by atoms with Crippen molar-refractivity contribution in [3.63, 3.8) is 0 Å². The zero-order valence-corrected chi connectivity index (χ0v) is 4.63. The Morgan fingerprint density at radius 3 is 2.71 bits per heavy atom. The molecule has 0 atom stereocenters. The van der Waals surface area contributed by atoms with Crippen LogP contribution in [0.4, 0.5) is 4.39 Å². The average Bonchev–Trinajstić information content (AvgIpc) is 1.87. The van der Waals surface area contributed by atoms with Crippen molar-refractivity contribution < 1.29 is 4.39 Å². The van der Waals surface area contributed by atoms with E-state index >= 15 is 0 Å². The lowest BCUT2D eigenvalue weighted by Gasteiger charge is -1.63. The first-order chi connectivity index (χ1) is 3.29. The van der Waals surface area contributed by atoms with Crippen LogP contribution in [0.15, 0.2) is 6.07 Å². The van der Waals surface area contributed by atoms with E-state index in [0.717, 1.165) is 4.88 Å². The third-order valence-electron chi connectivity index (χ3n) is 0.599. The van der Waals surface area contributed by atoms with Crippen molar-refractivity contribution in [2.75, 3.05) is 0 Å². The minimum Gasteiger partial charge on any atom is -0.184 e.